The predicted molar refractivity (Wildman–Crippen MR) is 89.0 cm³/mol. The van der Waals surface area contributed by atoms with Crippen molar-refractivity contribution < 1.29 is 4.39 Å². The van der Waals surface area contributed by atoms with Crippen LogP contribution < -0.4 is 5.32 Å². The maximum absolute atomic E-state index is 13.2. The number of benzene rings is 1. The minimum atomic E-state index is -0.189. The van der Waals surface area contributed by atoms with E-state index in [1.54, 1.807) is 12.1 Å². The highest BCUT2D eigenvalue weighted by molar-refractivity contribution is 9.10. The van der Waals surface area contributed by atoms with Crippen LogP contribution in [0.2, 0.25) is 0 Å². The summed E-state index contributed by atoms with van der Waals surface area (Å²) >= 11 is 5.50. The highest BCUT2D eigenvalue weighted by Crippen LogP contribution is 2.24. The second-order valence-electron chi connectivity index (χ2n) is 5.23. The summed E-state index contributed by atoms with van der Waals surface area (Å²) < 4.78 is 14.1. The minimum Gasteiger partial charge on any atom is -0.312 e. The van der Waals surface area contributed by atoms with Crippen molar-refractivity contribution in [1.29, 1.82) is 0 Å². The summed E-state index contributed by atoms with van der Waals surface area (Å²) in [6.07, 6.45) is 0.921. The zero-order valence-electron chi connectivity index (χ0n) is 12.0. The molecular weight excluding hydrogens is 339 g/mol. The van der Waals surface area contributed by atoms with Crippen molar-refractivity contribution in [2.75, 3.05) is 31.6 Å². The maximum Gasteiger partial charge on any atom is 0.124 e. The van der Waals surface area contributed by atoms with Gasteiger partial charge in [-0.1, -0.05) is 28.9 Å². The zero-order chi connectivity index (χ0) is 14.5. The fraction of sp³-hybridized carbons (Fsp3) is 0.600. The molecule has 1 aliphatic heterocycles. The van der Waals surface area contributed by atoms with Gasteiger partial charge in [-0.05, 0) is 37.7 Å². The molecule has 0 amide bonds. The first-order valence-electron chi connectivity index (χ1n) is 7.07. The summed E-state index contributed by atoms with van der Waals surface area (Å²) in [4.78, 5) is 2.45. The molecule has 1 fully saturated rings. The summed E-state index contributed by atoms with van der Waals surface area (Å²) in [5.41, 5.74) is 1.17. The number of thioether (sulfide) groups is 1. The highest BCUT2D eigenvalue weighted by Gasteiger charge is 2.27. The second kappa shape index (κ2) is 7.78. The van der Waals surface area contributed by atoms with Gasteiger partial charge in [-0.3, -0.25) is 0 Å². The smallest absolute Gasteiger partial charge is 0.124 e. The molecule has 0 saturated carbocycles. The van der Waals surface area contributed by atoms with Crippen molar-refractivity contribution in [1.82, 2.24) is 10.2 Å². The molecule has 2 unspecified atom stereocenters. The van der Waals surface area contributed by atoms with E-state index in [9.17, 15) is 4.39 Å². The van der Waals surface area contributed by atoms with Gasteiger partial charge in [-0.15, -0.1) is 0 Å². The first kappa shape index (κ1) is 16.3. The number of hydrogen-bond acceptors (Lipinski definition) is 3. The Labute approximate surface area is 133 Å². The Kier molecular flexibility index (Phi) is 6.33. The van der Waals surface area contributed by atoms with Gasteiger partial charge < -0.3 is 10.2 Å². The third kappa shape index (κ3) is 4.20. The van der Waals surface area contributed by atoms with Gasteiger partial charge in [-0.25, -0.2) is 4.39 Å². The molecule has 0 aromatic heterocycles. The van der Waals surface area contributed by atoms with Crippen LogP contribution >= 0.6 is 27.7 Å². The summed E-state index contributed by atoms with van der Waals surface area (Å²) in [7, 11) is 2.20. The third-order valence-corrected chi connectivity index (χ3v) is 5.62. The number of hydrogen-bond donors (Lipinski definition) is 1. The molecular formula is C15H22BrFN2S. The van der Waals surface area contributed by atoms with E-state index in [1.807, 2.05) is 17.8 Å². The standard InChI is InChI=1S/C15H22BrFN2S/c1-3-18-14(15-10-20-7-6-19(15)2)8-11-4-5-12(17)9-13(11)16/h4-5,9,14-15,18H,3,6-8,10H2,1-2H3. The summed E-state index contributed by atoms with van der Waals surface area (Å²) in [5.74, 6) is 2.19. The van der Waals surface area contributed by atoms with E-state index >= 15 is 0 Å². The fourth-order valence-electron chi connectivity index (χ4n) is 2.66. The lowest BCUT2D eigenvalue weighted by molar-refractivity contribution is 0.215. The third-order valence-electron chi connectivity index (χ3n) is 3.83. The van der Waals surface area contributed by atoms with Crippen molar-refractivity contribution in [3.05, 3.63) is 34.1 Å². The van der Waals surface area contributed by atoms with Crippen molar-refractivity contribution in [2.45, 2.75) is 25.4 Å². The van der Waals surface area contributed by atoms with Gasteiger partial charge in [0.1, 0.15) is 5.82 Å². The molecule has 2 nitrogen and oxygen atoms in total. The van der Waals surface area contributed by atoms with E-state index in [1.165, 1.54) is 11.3 Å². The molecule has 1 saturated heterocycles. The van der Waals surface area contributed by atoms with Gasteiger partial charge in [0, 0.05) is 34.6 Å². The molecule has 1 N–H and O–H groups in total. The topological polar surface area (TPSA) is 15.3 Å². The van der Waals surface area contributed by atoms with Gasteiger partial charge in [0.2, 0.25) is 0 Å². The van der Waals surface area contributed by atoms with Crippen molar-refractivity contribution in [2.24, 2.45) is 0 Å². The quantitative estimate of drug-likeness (QED) is 0.868. The normalized spacial score (nSPS) is 21.9. The summed E-state index contributed by atoms with van der Waals surface area (Å²) in [5, 5.41) is 3.60. The zero-order valence-corrected chi connectivity index (χ0v) is 14.4. The Morgan fingerprint density at radius 2 is 2.35 bits per heavy atom. The SMILES string of the molecule is CCNC(Cc1ccc(F)cc1Br)C1CSCCN1C. The second-order valence-corrected chi connectivity index (χ2v) is 7.23. The highest BCUT2D eigenvalue weighted by atomic mass is 79.9. The fourth-order valence-corrected chi connectivity index (χ4v) is 4.48. The monoisotopic (exact) mass is 360 g/mol. The first-order valence-corrected chi connectivity index (χ1v) is 9.02. The van der Waals surface area contributed by atoms with E-state index in [0.717, 1.165) is 29.7 Å². The summed E-state index contributed by atoms with van der Waals surface area (Å²) in [6.45, 7) is 4.24. The van der Waals surface area contributed by atoms with Gasteiger partial charge in [0.05, 0.1) is 0 Å². The Balaban J connectivity index is 2.11. The van der Waals surface area contributed by atoms with Crippen LogP contribution in [0, 0.1) is 5.82 Å². The molecule has 0 bridgehead atoms. The molecule has 1 heterocycles. The van der Waals surface area contributed by atoms with Crippen molar-refractivity contribution >= 4 is 27.7 Å². The Morgan fingerprint density at radius 1 is 1.55 bits per heavy atom. The Bertz CT molecular complexity index is 444. The van der Waals surface area contributed by atoms with E-state index in [2.05, 4.69) is 40.1 Å². The molecule has 1 aromatic rings. The Morgan fingerprint density at radius 3 is 3.00 bits per heavy atom. The summed E-state index contributed by atoms with van der Waals surface area (Å²) in [6, 6.07) is 5.92. The van der Waals surface area contributed by atoms with E-state index < -0.39 is 0 Å². The van der Waals surface area contributed by atoms with Crippen LogP contribution in [0.1, 0.15) is 12.5 Å². The molecule has 2 rings (SSSR count). The predicted octanol–water partition coefficient (Wildman–Crippen LogP) is 3.16. The maximum atomic E-state index is 13.2. The van der Waals surface area contributed by atoms with Crippen molar-refractivity contribution in [3.8, 4) is 0 Å². The molecule has 0 spiro atoms. The van der Waals surface area contributed by atoms with Crippen LogP contribution in [-0.2, 0) is 6.42 Å². The van der Waals surface area contributed by atoms with Crippen LogP contribution in [0.3, 0.4) is 0 Å². The van der Waals surface area contributed by atoms with Gasteiger partial charge in [-0.2, -0.15) is 11.8 Å². The molecule has 20 heavy (non-hydrogen) atoms. The van der Waals surface area contributed by atoms with Crippen LogP contribution in [0.15, 0.2) is 22.7 Å². The van der Waals surface area contributed by atoms with Gasteiger partial charge >= 0.3 is 0 Å². The number of likely N-dealkylation sites (N-methyl/N-ethyl adjacent to an activating group) is 2. The molecule has 0 radical (unpaired) electrons. The number of nitrogens with one attached hydrogen (secondary N) is 1. The minimum absolute atomic E-state index is 0.189. The molecule has 2 atom stereocenters. The molecule has 0 aliphatic carbocycles. The van der Waals surface area contributed by atoms with Crippen LogP contribution in [0.25, 0.3) is 0 Å². The van der Waals surface area contributed by atoms with Crippen LogP contribution in [0.4, 0.5) is 4.39 Å². The molecule has 5 heteroatoms. The van der Waals surface area contributed by atoms with Gasteiger partial charge in [0.15, 0.2) is 0 Å². The van der Waals surface area contributed by atoms with E-state index in [0.29, 0.717) is 12.1 Å². The first-order chi connectivity index (χ1) is 9.61. The molecule has 1 aromatic carbocycles. The largest absolute Gasteiger partial charge is 0.312 e. The van der Waals surface area contributed by atoms with E-state index in [4.69, 9.17) is 0 Å². The number of halogens is 2. The van der Waals surface area contributed by atoms with E-state index in [-0.39, 0.29) is 5.82 Å². The van der Waals surface area contributed by atoms with Crippen LogP contribution in [0.5, 0.6) is 0 Å². The van der Waals surface area contributed by atoms with Crippen LogP contribution in [-0.4, -0.2) is 48.6 Å². The lowest BCUT2D eigenvalue weighted by Crippen LogP contribution is -2.53. The van der Waals surface area contributed by atoms with Crippen molar-refractivity contribution in [3.63, 3.8) is 0 Å². The average molecular weight is 361 g/mol. The lowest BCUT2D eigenvalue weighted by Gasteiger charge is -2.38. The number of rotatable bonds is 5. The average Bonchev–Trinajstić information content (AvgIpc) is 2.42. The number of nitrogens with zero attached hydrogens (tertiary/aromatic N) is 1. The van der Waals surface area contributed by atoms with Gasteiger partial charge in [0.25, 0.3) is 0 Å². The molecule has 1 aliphatic rings. The molecule has 112 valence electrons. The lowest BCUT2D eigenvalue weighted by atomic mass is 9.99. The Hall–Kier alpha value is -0.100.